The van der Waals surface area contributed by atoms with Gasteiger partial charge in [0.2, 0.25) is 0 Å². The molecule has 1 aliphatic rings. The molecule has 0 bridgehead atoms. The molecule has 1 fully saturated rings. The quantitative estimate of drug-likeness (QED) is 0.469. The molecule has 1 saturated carbocycles. The van der Waals surface area contributed by atoms with Crippen LogP contribution in [-0.4, -0.2) is 19.0 Å². The van der Waals surface area contributed by atoms with Gasteiger partial charge >= 0.3 is 0 Å². The smallest absolute Gasteiger partial charge is 0.191 e. The molecule has 0 unspecified atom stereocenters. The highest BCUT2D eigenvalue weighted by Gasteiger charge is 2.20. The summed E-state index contributed by atoms with van der Waals surface area (Å²) < 4.78 is 0. The highest BCUT2D eigenvalue weighted by molar-refractivity contribution is 14.0. The number of aliphatic imine (C=N–C) groups is 1. The second-order valence-corrected chi connectivity index (χ2v) is 5.90. The lowest BCUT2D eigenvalue weighted by atomic mass is 10.4. The first-order chi connectivity index (χ1) is 8.28. The van der Waals surface area contributed by atoms with Gasteiger partial charge < -0.3 is 10.6 Å². The van der Waals surface area contributed by atoms with Crippen LogP contribution in [0.25, 0.3) is 0 Å². The first-order valence-electron chi connectivity index (χ1n) is 6.35. The van der Waals surface area contributed by atoms with Gasteiger partial charge in [-0.15, -0.1) is 35.3 Å². The molecule has 0 aliphatic heterocycles. The average Bonchev–Trinajstić information content (AvgIpc) is 3.05. The molecule has 1 heterocycles. The third-order valence-corrected chi connectivity index (χ3v) is 3.77. The maximum Gasteiger partial charge on any atom is 0.191 e. The molecule has 3 nitrogen and oxygen atoms in total. The van der Waals surface area contributed by atoms with E-state index >= 15 is 0 Å². The molecule has 102 valence electrons. The van der Waals surface area contributed by atoms with Gasteiger partial charge in [0, 0.05) is 22.8 Å². The lowest BCUT2D eigenvalue weighted by Gasteiger charge is -2.10. The Hall–Kier alpha value is -0.300. The second-order valence-electron chi connectivity index (χ2n) is 4.53. The number of hydrogen-bond acceptors (Lipinski definition) is 2. The normalized spacial score (nSPS) is 15.1. The van der Waals surface area contributed by atoms with E-state index in [9.17, 15) is 0 Å². The van der Waals surface area contributed by atoms with Crippen LogP contribution in [0.4, 0.5) is 0 Å². The summed E-state index contributed by atoms with van der Waals surface area (Å²) in [7, 11) is 0. The topological polar surface area (TPSA) is 36.4 Å². The lowest BCUT2D eigenvalue weighted by Crippen LogP contribution is -2.38. The van der Waals surface area contributed by atoms with Gasteiger partial charge in [-0.3, -0.25) is 0 Å². The van der Waals surface area contributed by atoms with Crippen LogP contribution in [0.3, 0.4) is 0 Å². The van der Waals surface area contributed by atoms with Crippen LogP contribution in [0.5, 0.6) is 0 Å². The summed E-state index contributed by atoms with van der Waals surface area (Å²) in [5, 5.41) is 6.69. The number of hydrogen-bond donors (Lipinski definition) is 2. The molecule has 5 heteroatoms. The molecule has 18 heavy (non-hydrogen) atoms. The summed E-state index contributed by atoms with van der Waals surface area (Å²) in [4.78, 5) is 7.28. The third-order valence-electron chi connectivity index (χ3n) is 2.79. The minimum atomic E-state index is 0. The van der Waals surface area contributed by atoms with Crippen molar-refractivity contribution in [1.29, 1.82) is 0 Å². The Morgan fingerprint density at radius 3 is 2.72 bits per heavy atom. The molecule has 0 aromatic carbocycles. The van der Waals surface area contributed by atoms with Crippen molar-refractivity contribution in [1.82, 2.24) is 10.6 Å². The van der Waals surface area contributed by atoms with E-state index in [0.717, 1.165) is 31.5 Å². The van der Waals surface area contributed by atoms with Gasteiger partial charge in [-0.05, 0) is 44.7 Å². The zero-order valence-electron chi connectivity index (χ0n) is 11.0. The maximum atomic E-state index is 4.60. The number of thiophene rings is 1. The predicted molar refractivity (Wildman–Crippen MR) is 90.0 cm³/mol. The fourth-order valence-corrected chi connectivity index (χ4v) is 2.45. The number of halogens is 1. The predicted octanol–water partition coefficient (Wildman–Crippen LogP) is 3.14. The molecule has 0 amide bonds. The molecule has 0 saturated heterocycles. The van der Waals surface area contributed by atoms with Crippen LogP contribution in [0.2, 0.25) is 0 Å². The Labute approximate surface area is 130 Å². The van der Waals surface area contributed by atoms with Gasteiger partial charge in [0.1, 0.15) is 0 Å². The minimum Gasteiger partial charge on any atom is -0.357 e. The first kappa shape index (κ1) is 15.8. The Balaban J connectivity index is 0.00000162. The van der Waals surface area contributed by atoms with Crippen molar-refractivity contribution >= 4 is 41.3 Å². The summed E-state index contributed by atoms with van der Waals surface area (Å²) >= 11 is 1.82. The first-order valence-corrected chi connectivity index (χ1v) is 7.17. The maximum absolute atomic E-state index is 4.60. The Bertz CT molecular complexity index is 385. The minimum absolute atomic E-state index is 0. The molecule has 1 aliphatic carbocycles. The van der Waals surface area contributed by atoms with Gasteiger partial charge in [0.15, 0.2) is 5.96 Å². The van der Waals surface area contributed by atoms with Crippen LogP contribution in [-0.2, 0) is 6.54 Å². The van der Waals surface area contributed by atoms with Crippen LogP contribution in [0, 0.1) is 12.8 Å². The van der Waals surface area contributed by atoms with Gasteiger partial charge in [0.05, 0.1) is 6.54 Å². The van der Waals surface area contributed by atoms with E-state index in [1.807, 2.05) is 11.3 Å². The fraction of sp³-hybridized carbons (Fsp3) is 0.615. The van der Waals surface area contributed by atoms with Crippen molar-refractivity contribution in [2.75, 3.05) is 13.1 Å². The number of aryl methyl sites for hydroxylation is 1. The van der Waals surface area contributed by atoms with Crippen molar-refractivity contribution in [2.45, 2.75) is 33.2 Å². The zero-order valence-corrected chi connectivity index (χ0v) is 14.2. The van der Waals surface area contributed by atoms with Crippen molar-refractivity contribution in [3.8, 4) is 0 Å². The van der Waals surface area contributed by atoms with E-state index < -0.39 is 0 Å². The second kappa shape index (κ2) is 7.99. The summed E-state index contributed by atoms with van der Waals surface area (Å²) in [5.74, 6) is 1.83. The summed E-state index contributed by atoms with van der Waals surface area (Å²) in [6.07, 6.45) is 2.74. The standard InChI is InChI=1S/C13H21N3S.HI/c1-3-14-13(15-8-11-5-6-11)16-9-12-7-4-10(2)17-12;/h4,7,11H,3,5-6,8-9H2,1-2H3,(H2,14,15,16);1H. The summed E-state index contributed by atoms with van der Waals surface area (Å²) in [6.45, 7) is 6.99. The number of rotatable bonds is 5. The fourth-order valence-electron chi connectivity index (χ4n) is 1.63. The lowest BCUT2D eigenvalue weighted by molar-refractivity contribution is 0.740. The molecule has 0 spiro atoms. The van der Waals surface area contributed by atoms with Gasteiger partial charge in [-0.2, -0.15) is 0 Å². The molecule has 0 atom stereocenters. The highest BCUT2D eigenvalue weighted by Crippen LogP contribution is 2.27. The molecule has 1 aromatic rings. The highest BCUT2D eigenvalue weighted by atomic mass is 127. The van der Waals surface area contributed by atoms with Gasteiger partial charge in [-0.1, -0.05) is 0 Å². The SMILES string of the molecule is CCNC(=NCc1ccc(C)s1)NCC1CC1.I. The van der Waals surface area contributed by atoms with Crippen LogP contribution < -0.4 is 10.6 Å². The number of nitrogens with zero attached hydrogens (tertiary/aromatic N) is 1. The average molecular weight is 379 g/mol. The monoisotopic (exact) mass is 379 g/mol. The van der Waals surface area contributed by atoms with Crippen molar-refractivity contribution in [3.63, 3.8) is 0 Å². The molecule has 2 N–H and O–H groups in total. The van der Waals surface area contributed by atoms with Gasteiger partial charge in [0.25, 0.3) is 0 Å². The van der Waals surface area contributed by atoms with Crippen molar-refractivity contribution < 1.29 is 0 Å². The van der Waals surface area contributed by atoms with Crippen LogP contribution >= 0.6 is 35.3 Å². The number of guanidine groups is 1. The van der Waals surface area contributed by atoms with E-state index in [0.29, 0.717) is 0 Å². The van der Waals surface area contributed by atoms with Crippen molar-refractivity contribution in [2.24, 2.45) is 10.9 Å². The van der Waals surface area contributed by atoms with Gasteiger partial charge in [-0.25, -0.2) is 4.99 Å². The Morgan fingerprint density at radius 2 is 2.17 bits per heavy atom. The Kier molecular flexibility index (Phi) is 6.99. The third kappa shape index (κ3) is 5.56. The molecule has 1 aromatic heterocycles. The van der Waals surface area contributed by atoms with Crippen LogP contribution in [0.1, 0.15) is 29.5 Å². The zero-order chi connectivity index (χ0) is 12.1. The van der Waals surface area contributed by atoms with E-state index in [1.54, 1.807) is 0 Å². The van der Waals surface area contributed by atoms with E-state index in [-0.39, 0.29) is 24.0 Å². The summed E-state index contributed by atoms with van der Waals surface area (Å²) in [5.41, 5.74) is 0. The van der Waals surface area contributed by atoms with E-state index in [4.69, 9.17) is 0 Å². The molecular formula is C13H22IN3S. The Morgan fingerprint density at radius 1 is 1.39 bits per heavy atom. The molecule has 0 radical (unpaired) electrons. The number of nitrogens with one attached hydrogen (secondary N) is 2. The summed E-state index contributed by atoms with van der Waals surface area (Å²) in [6, 6.07) is 4.31. The molecular weight excluding hydrogens is 357 g/mol. The van der Waals surface area contributed by atoms with Crippen LogP contribution in [0.15, 0.2) is 17.1 Å². The van der Waals surface area contributed by atoms with E-state index in [2.05, 4.69) is 41.6 Å². The largest absolute Gasteiger partial charge is 0.357 e. The van der Waals surface area contributed by atoms with E-state index in [1.165, 1.54) is 22.6 Å². The molecule has 2 rings (SSSR count). The van der Waals surface area contributed by atoms with Crippen molar-refractivity contribution in [3.05, 3.63) is 21.9 Å².